The first-order valence-corrected chi connectivity index (χ1v) is 11.0. The third-order valence-electron chi connectivity index (χ3n) is 5.19. The Kier molecular flexibility index (Phi) is 9.65. The van der Waals surface area contributed by atoms with Crippen molar-refractivity contribution in [2.75, 3.05) is 33.4 Å². The van der Waals surface area contributed by atoms with Crippen molar-refractivity contribution in [3.05, 3.63) is 50.9 Å². The van der Waals surface area contributed by atoms with Crippen molar-refractivity contribution in [1.82, 2.24) is 15.2 Å². The number of halogens is 2. The maximum Gasteiger partial charge on any atom is 0.194 e. The van der Waals surface area contributed by atoms with Crippen LogP contribution < -0.4 is 5.32 Å². The first-order valence-electron chi connectivity index (χ1n) is 9.77. The van der Waals surface area contributed by atoms with Gasteiger partial charge in [0.15, 0.2) is 5.96 Å². The maximum absolute atomic E-state index is 6.57. The second-order valence-electron chi connectivity index (χ2n) is 7.26. The van der Waals surface area contributed by atoms with Crippen molar-refractivity contribution in [3.63, 3.8) is 0 Å². The van der Waals surface area contributed by atoms with Gasteiger partial charge in [-0.05, 0) is 38.3 Å². The van der Waals surface area contributed by atoms with Crippen molar-refractivity contribution in [3.8, 4) is 0 Å². The lowest BCUT2D eigenvalue weighted by molar-refractivity contribution is 0.0530. The Morgan fingerprint density at radius 3 is 2.69 bits per heavy atom. The Morgan fingerprint density at radius 1 is 1.34 bits per heavy atom. The second kappa shape index (κ2) is 11.5. The first kappa shape index (κ1) is 24.4. The quantitative estimate of drug-likeness (QED) is 0.318. The summed E-state index contributed by atoms with van der Waals surface area (Å²) in [7, 11) is 2.06. The van der Waals surface area contributed by atoms with E-state index in [0.29, 0.717) is 6.54 Å². The van der Waals surface area contributed by atoms with Crippen LogP contribution >= 0.6 is 46.9 Å². The number of nitrogens with zero attached hydrogens (tertiary/aromatic N) is 3. The largest absolute Gasteiger partial charge is 0.381 e. The summed E-state index contributed by atoms with van der Waals surface area (Å²) in [6.45, 7) is 7.85. The van der Waals surface area contributed by atoms with E-state index in [0.717, 1.165) is 60.8 Å². The number of thiazole rings is 1. The summed E-state index contributed by atoms with van der Waals surface area (Å²) < 4.78 is 5.64. The molecule has 1 aliphatic rings. The van der Waals surface area contributed by atoms with Crippen LogP contribution in [0.5, 0.6) is 0 Å². The van der Waals surface area contributed by atoms with Crippen LogP contribution in [0, 0.1) is 6.92 Å². The van der Waals surface area contributed by atoms with Gasteiger partial charge < -0.3 is 15.0 Å². The number of hydrogen-bond donors (Lipinski definition) is 1. The molecule has 1 aliphatic heterocycles. The van der Waals surface area contributed by atoms with E-state index in [9.17, 15) is 0 Å². The molecule has 0 unspecified atom stereocenters. The zero-order chi connectivity index (χ0) is 20.0. The number of benzene rings is 1. The van der Waals surface area contributed by atoms with E-state index in [1.165, 1.54) is 5.56 Å². The highest BCUT2D eigenvalue weighted by atomic mass is 127. The van der Waals surface area contributed by atoms with Crippen molar-refractivity contribution < 1.29 is 4.74 Å². The molecule has 0 amide bonds. The maximum atomic E-state index is 6.57. The normalized spacial score (nSPS) is 16.2. The molecule has 0 bridgehead atoms. The molecule has 2 heterocycles. The van der Waals surface area contributed by atoms with Gasteiger partial charge in [0.1, 0.15) is 0 Å². The zero-order valence-corrected chi connectivity index (χ0v) is 21.2. The number of ether oxygens (including phenoxy) is 1. The molecule has 8 heteroatoms. The Morgan fingerprint density at radius 2 is 2.07 bits per heavy atom. The molecule has 0 aliphatic carbocycles. The first-order chi connectivity index (χ1) is 13.5. The minimum absolute atomic E-state index is 0. The molecular weight excluding hydrogens is 519 g/mol. The average molecular weight is 549 g/mol. The van der Waals surface area contributed by atoms with Crippen molar-refractivity contribution in [2.45, 2.75) is 38.6 Å². The van der Waals surface area contributed by atoms with E-state index < -0.39 is 0 Å². The van der Waals surface area contributed by atoms with Gasteiger partial charge in [0.2, 0.25) is 0 Å². The number of hydrogen-bond acceptors (Lipinski definition) is 4. The van der Waals surface area contributed by atoms with E-state index in [1.807, 2.05) is 19.1 Å². The lowest BCUT2D eigenvalue weighted by atomic mass is 9.74. The van der Waals surface area contributed by atoms with E-state index in [1.54, 1.807) is 11.3 Å². The Labute approximate surface area is 199 Å². The third kappa shape index (κ3) is 6.29. The second-order valence-corrected chi connectivity index (χ2v) is 8.73. The van der Waals surface area contributed by atoms with Crippen LogP contribution in [0.3, 0.4) is 0 Å². The van der Waals surface area contributed by atoms with E-state index in [2.05, 4.69) is 46.7 Å². The van der Waals surface area contributed by atoms with Gasteiger partial charge in [-0.1, -0.05) is 29.8 Å². The van der Waals surface area contributed by atoms with E-state index in [-0.39, 0.29) is 29.4 Å². The van der Waals surface area contributed by atoms with Crippen LogP contribution in [-0.4, -0.2) is 49.2 Å². The van der Waals surface area contributed by atoms with Crippen LogP contribution in [0.15, 0.2) is 34.6 Å². The molecular formula is C21H30ClIN4OS. The zero-order valence-electron chi connectivity index (χ0n) is 17.3. The summed E-state index contributed by atoms with van der Waals surface area (Å²) in [4.78, 5) is 11.7. The van der Waals surface area contributed by atoms with Crippen LogP contribution in [0.1, 0.15) is 36.0 Å². The monoisotopic (exact) mass is 548 g/mol. The number of aliphatic imine (C=N–C) groups is 1. The van der Waals surface area contributed by atoms with Crippen LogP contribution in [0.2, 0.25) is 5.02 Å². The molecule has 3 rings (SSSR count). The molecule has 0 spiro atoms. The topological polar surface area (TPSA) is 49.8 Å². The molecule has 0 saturated carbocycles. The van der Waals surface area contributed by atoms with E-state index in [4.69, 9.17) is 21.3 Å². The van der Waals surface area contributed by atoms with Gasteiger partial charge >= 0.3 is 0 Å². The number of guanidine groups is 1. The summed E-state index contributed by atoms with van der Waals surface area (Å²) in [5.41, 5.74) is 2.16. The number of rotatable bonds is 6. The smallest absolute Gasteiger partial charge is 0.194 e. The molecule has 1 fully saturated rings. The Balaban J connectivity index is 0.00000300. The van der Waals surface area contributed by atoms with Gasteiger partial charge in [0, 0.05) is 42.6 Å². The molecule has 1 aromatic carbocycles. The van der Waals surface area contributed by atoms with E-state index >= 15 is 0 Å². The summed E-state index contributed by atoms with van der Waals surface area (Å²) in [6, 6.07) is 8.15. The molecule has 0 radical (unpaired) electrons. The minimum Gasteiger partial charge on any atom is -0.381 e. The van der Waals surface area contributed by atoms with Gasteiger partial charge in [-0.2, -0.15) is 0 Å². The van der Waals surface area contributed by atoms with Gasteiger partial charge in [0.05, 0.1) is 23.8 Å². The SMILES string of the molecule is CCNC(=NCC1(c2ccccc2Cl)CCOCC1)N(C)Cc1csc(C)n1.I. The lowest BCUT2D eigenvalue weighted by Crippen LogP contribution is -2.42. The van der Waals surface area contributed by atoms with Crippen LogP contribution in [0.25, 0.3) is 0 Å². The number of aromatic nitrogens is 1. The third-order valence-corrected chi connectivity index (χ3v) is 6.34. The highest BCUT2D eigenvalue weighted by Gasteiger charge is 2.36. The van der Waals surface area contributed by atoms with Crippen molar-refractivity contribution in [2.24, 2.45) is 4.99 Å². The van der Waals surface area contributed by atoms with Crippen LogP contribution in [0.4, 0.5) is 0 Å². The molecule has 0 atom stereocenters. The number of nitrogens with one attached hydrogen (secondary N) is 1. The highest BCUT2D eigenvalue weighted by Crippen LogP contribution is 2.39. The molecule has 1 saturated heterocycles. The molecule has 160 valence electrons. The Hall–Kier alpha value is -0.900. The molecule has 29 heavy (non-hydrogen) atoms. The highest BCUT2D eigenvalue weighted by molar-refractivity contribution is 14.0. The summed E-state index contributed by atoms with van der Waals surface area (Å²) in [6.07, 6.45) is 1.85. The van der Waals surface area contributed by atoms with Gasteiger partial charge in [0.25, 0.3) is 0 Å². The van der Waals surface area contributed by atoms with Gasteiger partial charge in [-0.15, -0.1) is 35.3 Å². The molecule has 2 aromatic rings. The summed E-state index contributed by atoms with van der Waals surface area (Å²) in [5.74, 6) is 0.895. The van der Waals surface area contributed by atoms with Gasteiger partial charge in [-0.3, -0.25) is 4.99 Å². The van der Waals surface area contributed by atoms with Crippen molar-refractivity contribution in [1.29, 1.82) is 0 Å². The summed E-state index contributed by atoms with van der Waals surface area (Å²) in [5, 5.41) is 7.43. The number of aryl methyl sites for hydroxylation is 1. The molecule has 5 nitrogen and oxygen atoms in total. The Bertz CT molecular complexity index is 807. The van der Waals surface area contributed by atoms with Crippen LogP contribution in [-0.2, 0) is 16.7 Å². The molecule has 1 N–H and O–H groups in total. The predicted molar refractivity (Wildman–Crippen MR) is 133 cm³/mol. The fraction of sp³-hybridized carbons (Fsp3) is 0.524. The fourth-order valence-electron chi connectivity index (χ4n) is 3.66. The minimum atomic E-state index is -0.0880. The molecule has 1 aromatic heterocycles. The average Bonchev–Trinajstić information content (AvgIpc) is 3.10. The predicted octanol–water partition coefficient (Wildman–Crippen LogP) is 4.87. The fourth-order valence-corrected chi connectivity index (χ4v) is 4.60. The standard InChI is InChI=1S/C21H29ClN4OS.HI/c1-4-23-20(26(3)13-17-14-28-16(2)25-17)24-15-21(9-11-27-12-10-21)18-7-5-6-8-19(18)22;/h5-8,14H,4,9-13,15H2,1-3H3,(H,23,24);1H. The summed E-state index contributed by atoms with van der Waals surface area (Å²) >= 11 is 8.25. The van der Waals surface area contributed by atoms with Gasteiger partial charge in [-0.25, -0.2) is 4.98 Å². The lowest BCUT2D eigenvalue weighted by Gasteiger charge is -2.37. The van der Waals surface area contributed by atoms with Crippen molar-refractivity contribution >= 4 is 52.9 Å².